The standard InChI is InChI=1S/C21H28N6O/c1-15(28)27-12-8-18-19(14-27)24-20(16-5-3-9-22-13-16)25-21(18)23-10-7-17-6-4-11-26(17)2/h3,5,9,13,17H,4,6-8,10-12,14H2,1-2H3,(H,23,24,25)/t17-/m0/s1. The Balaban J connectivity index is 1.58. The Bertz CT molecular complexity index is 840. The van der Waals surface area contributed by atoms with Crippen LogP contribution in [0, 0.1) is 0 Å². The van der Waals surface area contributed by atoms with Crippen LogP contribution in [0.5, 0.6) is 0 Å². The molecular weight excluding hydrogens is 352 g/mol. The number of hydrogen-bond acceptors (Lipinski definition) is 6. The van der Waals surface area contributed by atoms with E-state index in [0.29, 0.717) is 18.4 Å². The zero-order valence-corrected chi connectivity index (χ0v) is 16.7. The molecule has 1 amide bonds. The van der Waals surface area contributed by atoms with Gasteiger partial charge in [0.15, 0.2) is 5.82 Å². The Labute approximate surface area is 166 Å². The largest absolute Gasteiger partial charge is 0.370 e. The minimum Gasteiger partial charge on any atom is -0.370 e. The van der Waals surface area contributed by atoms with E-state index in [1.807, 2.05) is 17.0 Å². The molecule has 0 bridgehead atoms. The fraction of sp³-hybridized carbons (Fsp3) is 0.524. The van der Waals surface area contributed by atoms with E-state index < -0.39 is 0 Å². The summed E-state index contributed by atoms with van der Waals surface area (Å²) in [5.41, 5.74) is 2.98. The molecule has 148 valence electrons. The Kier molecular flexibility index (Phi) is 5.52. The predicted octanol–water partition coefficient (Wildman–Crippen LogP) is 2.34. The number of carbonyl (C=O) groups excluding carboxylic acids is 1. The van der Waals surface area contributed by atoms with Gasteiger partial charge >= 0.3 is 0 Å². The number of carbonyl (C=O) groups is 1. The van der Waals surface area contributed by atoms with E-state index >= 15 is 0 Å². The van der Waals surface area contributed by atoms with Gasteiger partial charge in [0.25, 0.3) is 0 Å². The van der Waals surface area contributed by atoms with Crippen molar-refractivity contribution in [1.29, 1.82) is 0 Å². The van der Waals surface area contributed by atoms with Gasteiger partial charge in [-0.1, -0.05) is 0 Å². The van der Waals surface area contributed by atoms with Gasteiger partial charge in [0.2, 0.25) is 5.91 Å². The monoisotopic (exact) mass is 380 g/mol. The van der Waals surface area contributed by atoms with E-state index in [-0.39, 0.29) is 5.91 Å². The molecular formula is C21H28N6O. The fourth-order valence-corrected chi connectivity index (χ4v) is 4.17. The van der Waals surface area contributed by atoms with Gasteiger partial charge in [-0.15, -0.1) is 0 Å². The Morgan fingerprint density at radius 3 is 2.93 bits per heavy atom. The third-order valence-electron chi connectivity index (χ3n) is 5.87. The highest BCUT2D eigenvalue weighted by Crippen LogP contribution is 2.27. The minimum absolute atomic E-state index is 0.0889. The lowest BCUT2D eigenvalue weighted by Crippen LogP contribution is -2.35. The average molecular weight is 380 g/mol. The van der Waals surface area contributed by atoms with Crippen molar-refractivity contribution in [2.24, 2.45) is 0 Å². The first kappa shape index (κ1) is 18.8. The molecule has 7 heteroatoms. The highest BCUT2D eigenvalue weighted by atomic mass is 16.2. The van der Waals surface area contributed by atoms with Gasteiger partial charge in [0.05, 0.1) is 12.2 Å². The van der Waals surface area contributed by atoms with Crippen molar-refractivity contribution in [3.8, 4) is 11.4 Å². The van der Waals surface area contributed by atoms with Gasteiger partial charge < -0.3 is 15.1 Å². The molecule has 28 heavy (non-hydrogen) atoms. The van der Waals surface area contributed by atoms with E-state index in [4.69, 9.17) is 9.97 Å². The number of aromatic nitrogens is 3. The molecule has 0 spiro atoms. The molecule has 0 unspecified atom stereocenters. The SMILES string of the molecule is CC(=O)N1CCc2c(nc(-c3cccnc3)nc2NCC[C@@H]2CCCN2C)C1. The number of fused-ring (bicyclic) bond motifs is 1. The van der Waals surface area contributed by atoms with E-state index in [1.165, 1.54) is 19.4 Å². The van der Waals surface area contributed by atoms with Crippen LogP contribution in [0.4, 0.5) is 5.82 Å². The van der Waals surface area contributed by atoms with Crippen molar-refractivity contribution in [3.63, 3.8) is 0 Å². The van der Waals surface area contributed by atoms with E-state index in [1.54, 1.807) is 19.3 Å². The van der Waals surface area contributed by atoms with Crippen LogP contribution in [0.1, 0.15) is 37.4 Å². The lowest BCUT2D eigenvalue weighted by atomic mass is 10.0. The molecule has 2 aliphatic heterocycles. The average Bonchev–Trinajstić information content (AvgIpc) is 3.12. The molecule has 1 N–H and O–H groups in total. The smallest absolute Gasteiger partial charge is 0.219 e. The van der Waals surface area contributed by atoms with Crippen LogP contribution >= 0.6 is 0 Å². The van der Waals surface area contributed by atoms with Crippen molar-refractivity contribution >= 4 is 11.7 Å². The second-order valence-corrected chi connectivity index (χ2v) is 7.75. The van der Waals surface area contributed by atoms with E-state index in [0.717, 1.165) is 48.6 Å². The molecule has 0 radical (unpaired) electrons. The van der Waals surface area contributed by atoms with Crippen LogP contribution in [0.15, 0.2) is 24.5 Å². The number of likely N-dealkylation sites (tertiary alicyclic amines) is 1. The summed E-state index contributed by atoms with van der Waals surface area (Å²) >= 11 is 0. The number of anilines is 1. The lowest BCUT2D eigenvalue weighted by Gasteiger charge is -2.29. The van der Waals surface area contributed by atoms with Crippen LogP contribution < -0.4 is 5.32 Å². The summed E-state index contributed by atoms with van der Waals surface area (Å²) in [4.78, 5) is 30.0. The minimum atomic E-state index is 0.0889. The van der Waals surface area contributed by atoms with Crippen LogP contribution in [-0.2, 0) is 17.8 Å². The summed E-state index contributed by atoms with van der Waals surface area (Å²) in [7, 11) is 2.21. The zero-order valence-electron chi connectivity index (χ0n) is 16.7. The van der Waals surface area contributed by atoms with Gasteiger partial charge in [-0.05, 0) is 51.4 Å². The maximum Gasteiger partial charge on any atom is 0.219 e. The third kappa shape index (κ3) is 3.99. The molecule has 0 aliphatic carbocycles. The van der Waals surface area contributed by atoms with E-state index in [2.05, 4.69) is 22.2 Å². The molecule has 4 heterocycles. The Morgan fingerprint density at radius 1 is 1.32 bits per heavy atom. The second kappa shape index (κ2) is 8.22. The molecule has 2 aromatic heterocycles. The predicted molar refractivity (Wildman–Crippen MR) is 109 cm³/mol. The van der Waals surface area contributed by atoms with Crippen molar-refractivity contribution in [2.45, 2.75) is 45.2 Å². The Hall–Kier alpha value is -2.54. The first-order valence-electron chi connectivity index (χ1n) is 10.1. The zero-order chi connectivity index (χ0) is 19.5. The normalized spacial score (nSPS) is 19.5. The van der Waals surface area contributed by atoms with Crippen molar-refractivity contribution < 1.29 is 4.79 Å². The van der Waals surface area contributed by atoms with Gasteiger partial charge in [-0.25, -0.2) is 9.97 Å². The van der Waals surface area contributed by atoms with Crippen molar-refractivity contribution in [2.75, 3.05) is 32.0 Å². The molecule has 1 saturated heterocycles. The van der Waals surface area contributed by atoms with Crippen LogP contribution in [0.25, 0.3) is 11.4 Å². The summed E-state index contributed by atoms with van der Waals surface area (Å²) in [5, 5.41) is 3.57. The summed E-state index contributed by atoms with van der Waals surface area (Å²) < 4.78 is 0. The summed E-state index contributed by atoms with van der Waals surface area (Å²) in [6, 6.07) is 4.51. The third-order valence-corrected chi connectivity index (χ3v) is 5.87. The number of amides is 1. The van der Waals surface area contributed by atoms with Crippen LogP contribution in [0.2, 0.25) is 0 Å². The summed E-state index contributed by atoms with van der Waals surface area (Å²) in [5.74, 6) is 1.66. The maximum atomic E-state index is 11.9. The van der Waals surface area contributed by atoms with Crippen LogP contribution in [0.3, 0.4) is 0 Å². The number of nitrogens with zero attached hydrogens (tertiary/aromatic N) is 5. The summed E-state index contributed by atoms with van der Waals surface area (Å²) in [6.07, 6.45) is 7.98. The molecule has 1 atom stereocenters. The topological polar surface area (TPSA) is 74.2 Å². The van der Waals surface area contributed by atoms with Crippen LogP contribution in [-0.4, -0.2) is 63.4 Å². The molecule has 7 nitrogen and oxygen atoms in total. The molecule has 2 aliphatic rings. The first-order chi connectivity index (χ1) is 13.6. The maximum absolute atomic E-state index is 11.9. The molecule has 0 aromatic carbocycles. The highest BCUT2D eigenvalue weighted by Gasteiger charge is 2.25. The van der Waals surface area contributed by atoms with Gasteiger partial charge in [0, 0.05) is 49.6 Å². The highest BCUT2D eigenvalue weighted by molar-refractivity contribution is 5.74. The number of hydrogen-bond donors (Lipinski definition) is 1. The van der Waals surface area contributed by atoms with E-state index in [9.17, 15) is 4.79 Å². The lowest BCUT2D eigenvalue weighted by molar-refractivity contribution is -0.129. The van der Waals surface area contributed by atoms with Gasteiger partial charge in [-0.3, -0.25) is 9.78 Å². The van der Waals surface area contributed by atoms with Crippen molar-refractivity contribution in [3.05, 3.63) is 35.8 Å². The summed E-state index contributed by atoms with van der Waals surface area (Å²) in [6.45, 7) is 4.96. The Morgan fingerprint density at radius 2 is 2.21 bits per heavy atom. The second-order valence-electron chi connectivity index (χ2n) is 7.75. The molecule has 0 saturated carbocycles. The molecule has 1 fully saturated rings. The fourth-order valence-electron chi connectivity index (χ4n) is 4.17. The number of nitrogens with one attached hydrogen (secondary N) is 1. The van der Waals surface area contributed by atoms with Gasteiger partial charge in [-0.2, -0.15) is 0 Å². The van der Waals surface area contributed by atoms with Crippen molar-refractivity contribution in [1.82, 2.24) is 24.8 Å². The molecule has 4 rings (SSSR count). The van der Waals surface area contributed by atoms with Gasteiger partial charge in [0.1, 0.15) is 5.82 Å². The first-order valence-corrected chi connectivity index (χ1v) is 10.1. The quantitative estimate of drug-likeness (QED) is 0.858. The molecule has 2 aromatic rings. The number of rotatable bonds is 5. The number of pyridine rings is 1.